The predicted octanol–water partition coefficient (Wildman–Crippen LogP) is 2.56. The van der Waals surface area contributed by atoms with Gasteiger partial charge in [0.25, 0.3) is 0 Å². The summed E-state index contributed by atoms with van der Waals surface area (Å²) in [5, 5.41) is 4.40. The van der Waals surface area contributed by atoms with Gasteiger partial charge in [0.1, 0.15) is 18.6 Å². The zero-order chi connectivity index (χ0) is 12.5. The van der Waals surface area contributed by atoms with Crippen LogP contribution in [0.1, 0.15) is 5.69 Å². The molecular formula is C13H12F2N2O. The molecule has 18 heavy (non-hydrogen) atoms. The lowest BCUT2D eigenvalue weighted by molar-refractivity contribution is -0.0129. The van der Waals surface area contributed by atoms with Crippen molar-refractivity contribution in [3.05, 3.63) is 41.8 Å². The minimum atomic E-state index is -0.509. The van der Waals surface area contributed by atoms with Crippen molar-refractivity contribution in [3.8, 4) is 11.3 Å². The molecule has 0 amide bonds. The fourth-order valence-electron chi connectivity index (χ4n) is 2.03. The van der Waals surface area contributed by atoms with Gasteiger partial charge in [0.15, 0.2) is 0 Å². The fourth-order valence-corrected chi connectivity index (χ4v) is 2.03. The highest BCUT2D eigenvalue weighted by molar-refractivity contribution is 5.59. The van der Waals surface area contributed by atoms with Gasteiger partial charge in [-0.1, -0.05) is 0 Å². The van der Waals surface area contributed by atoms with Crippen LogP contribution in [-0.4, -0.2) is 22.6 Å². The van der Waals surface area contributed by atoms with Gasteiger partial charge < -0.3 is 4.74 Å². The second kappa shape index (κ2) is 4.49. The van der Waals surface area contributed by atoms with Crippen LogP contribution in [0, 0.1) is 5.82 Å². The van der Waals surface area contributed by atoms with Crippen molar-refractivity contribution < 1.29 is 13.5 Å². The van der Waals surface area contributed by atoms with Gasteiger partial charge >= 0.3 is 0 Å². The number of halogens is 2. The van der Waals surface area contributed by atoms with Crippen LogP contribution in [-0.2, 0) is 17.9 Å². The average molecular weight is 250 g/mol. The molecule has 3 nitrogen and oxygen atoms in total. The molecule has 0 N–H and O–H groups in total. The molecule has 1 aromatic carbocycles. The lowest BCUT2D eigenvalue weighted by atomic mass is 10.1. The number of hydrogen-bond donors (Lipinski definition) is 0. The first-order valence-electron chi connectivity index (χ1n) is 5.76. The number of hydrogen-bond acceptors (Lipinski definition) is 2. The molecule has 2 heterocycles. The van der Waals surface area contributed by atoms with Crippen molar-refractivity contribution in [1.29, 1.82) is 0 Å². The zero-order valence-electron chi connectivity index (χ0n) is 9.64. The Morgan fingerprint density at radius 2 is 2.11 bits per heavy atom. The summed E-state index contributed by atoms with van der Waals surface area (Å²) in [6, 6.07) is 8.04. The van der Waals surface area contributed by atoms with E-state index in [-0.39, 0.29) is 5.82 Å². The van der Waals surface area contributed by atoms with Crippen LogP contribution < -0.4 is 0 Å². The highest BCUT2D eigenvalue weighted by Gasteiger charge is 2.20. The Bertz CT molecular complexity index is 551. The van der Waals surface area contributed by atoms with Crippen LogP contribution in [0.15, 0.2) is 30.3 Å². The molecule has 0 saturated carbocycles. The molecule has 0 spiro atoms. The number of rotatable bonds is 2. The quantitative estimate of drug-likeness (QED) is 0.819. The number of ether oxygens (including phenoxy) is 1. The molecule has 94 valence electrons. The largest absolute Gasteiger partial charge is 0.367 e. The summed E-state index contributed by atoms with van der Waals surface area (Å²) in [6.45, 7) is 0.279. The van der Waals surface area contributed by atoms with Gasteiger partial charge in [0.05, 0.1) is 24.5 Å². The fraction of sp³-hybridized carbons (Fsp3) is 0.308. The predicted molar refractivity (Wildman–Crippen MR) is 62.2 cm³/mol. The Morgan fingerprint density at radius 3 is 2.83 bits per heavy atom. The van der Waals surface area contributed by atoms with E-state index in [1.165, 1.54) is 12.1 Å². The first-order valence-corrected chi connectivity index (χ1v) is 5.76. The van der Waals surface area contributed by atoms with Crippen molar-refractivity contribution in [1.82, 2.24) is 9.78 Å². The van der Waals surface area contributed by atoms with Crippen molar-refractivity contribution in [2.24, 2.45) is 0 Å². The lowest BCUT2D eigenvalue weighted by Crippen LogP contribution is -2.29. The van der Waals surface area contributed by atoms with Crippen LogP contribution in [0.5, 0.6) is 0 Å². The molecule has 1 aliphatic rings. The topological polar surface area (TPSA) is 27.1 Å². The van der Waals surface area contributed by atoms with Gasteiger partial charge in [-0.3, -0.25) is 4.68 Å². The van der Waals surface area contributed by atoms with Gasteiger partial charge in [-0.05, 0) is 30.3 Å². The minimum Gasteiger partial charge on any atom is -0.367 e. The second-order valence-electron chi connectivity index (χ2n) is 4.30. The number of alkyl halides is 1. The maximum absolute atomic E-state index is 12.8. The molecule has 0 aliphatic carbocycles. The normalized spacial score (nSPS) is 18.7. The Hall–Kier alpha value is -1.75. The summed E-state index contributed by atoms with van der Waals surface area (Å²) in [4.78, 5) is 0. The summed E-state index contributed by atoms with van der Waals surface area (Å²) in [7, 11) is 0. The lowest BCUT2D eigenvalue weighted by Gasteiger charge is -2.21. The van der Waals surface area contributed by atoms with E-state index in [1.807, 2.05) is 6.07 Å². The van der Waals surface area contributed by atoms with Crippen LogP contribution in [0.3, 0.4) is 0 Å². The average Bonchev–Trinajstić information content (AvgIpc) is 2.82. The number of fused-ring (bicyclic) bond motifs is 1. The third kappa shape index (κ3) is 2.01. The summed E-state index contributed by atoms with van der Waals surface area (Å²) in [5.74, 6) is -0.274. The maximum Gasteiger partial charge on any atom is 0.123 e. The van der Waals surface area contributed by atoms with E-state index < -0.39 is 12.8 Å². The third-order valence-electron chi connectivity index (χ3n) is 3.02. The molecular weight excluding hydrogens is 238 g/mol. The first kappa shape index (κ1) is 11.3. The highest BCUT2D eigenvalue weighted by Crippen LogP contribution is 2.23. The van der Waals surface area contributed by atoms with Crippen molar-refractivity contribution in [2.75, 3.05) is 6.67 Å². The Balaban J connectivity index is 1.91. The minimum absolute atomic E-state index is 0.274. The summed E-state index contributed by atoms with van der Waals surface area (Å²) < 4.78 is 32.5. The van der Waals surface area contributed by atoms with Crippen LogP contribution in [0.2, 0.25) is 0 Å². The molecule has 3 rings (SSSR count). The maximum atomic E-state index is 12.8. The summed E-state index contributed by atoms with van der Waals surface area (Å²) in [5.41, 5.74) is 2.52. The number of aromatic nitrogens is 2. The molecule has 1 aliphatic heterocycles. The van der Waals surface area contributed by atoms with E-state index in [9.17, 15) is 8.78 Å². The first-order chi connectivity index (χ1) is 8.76. The van der Waals surface area contributed by atoms with E-state index >= 15 is 0 Å². The highest BCUT2D eigenvalue weighted by atomic mass is 19.1. The van der Waals surface area contributed by atoms with E-state index in [2.05, 4.69) is 5.10 Å². The van der Waals surface area contributed by atoms with Gasteiger partial charge in [-0.2, -0.15) is 5.10 Å². The number of nitrogens with zero attached hydrogens (tertiary/aromatic N) is 2. The van der Waals surface area contributed by atoms with E-state index in [1.54, 1.807) is 16.8 Å². The SMILES string of the molecule is FCC1Cn2nc(-c3ccc(F)cc3)cc2CO1. The molecule has 1 aromatic heterocycles. The molecule has 1 unspecified atom stereocenters. The smallest absolute Gasteiger partial charge is 0.123 e. The van der Waals surface area contributed by atoms with Crippen LogP contribution in [0.4, 0.5) is 8.78 Å². The van der Waals surface area contributed by atoms with Gasteiger partial charge in [-0.25, -0.2) is 8.78 Å². The van der Waals surface area contributed by atoms with Crippen molar-refractivity contribution in [2.45, 2.75) is 19.3 Å². The Kier molecular flexibility index (Phi) is 2.83. The second-order valence-corrected chi connectivity index (χ2v) is 4.30. The monoisotopic (exact) mass is 250 g/mol. The summed E-state index contributed by atoms with van der Waals surface area (Å²) >= 11 is 0. The third-order valence-corrected chi connectivity index (χ3v) is 3.02. The molecule has 0 saturated heterocycles. The van der Waals surface area contributed by atoms with Crippen molar-refractivity contribution in [3.63, 3.8) is 0 Å². The van der Waals surface area contributed by atoms with E-state index in [0.717, 1.165) is 17.0 Å². The van der Waals surface area contributed by atoms with E-state index in [4.69, 9.17) is 4.74 Å². The van der Waals surface area contributed by atoms with Gasteiger partial charge in [-0.15, -0.1) is 0 Å². The van der Waals surface area contributed by atoms with E-state index in [0.29, 0.717) is 13.2 Å². The molecule has 0 radical (unpaired) electrons. The Labute approximate surface area is 103 Å². The van der Waals surface area contributed by atoms with Gasteiger partial charge in [0.2, 0.25) is 0 Å². The standard InChI is InChI=1S/C13H12F2N2O/c14-6-12-7-17-11(8-18-12)5-13(16-17)9-1-3-10(15)4-2-9/h1-5,12H,6-8H2. The molecule has 2 aromatic rings. The molecule has 0 fully saturated rings. The molecule has 1 atom stereocenters. The Morgan fingerprint density at radius 1 is 1.33 bits per heavy atom. The molecule has 5 heteroatoms. The summed E-state index contributed by atoms with van der Waals surface area (Å²) in [6.07, 6.45) is -0.418. The molecule has 0 bridgehead atoms. The zero-order valence-corrected chi connectivity index (χ0v) is 9.64. The van der Waals surface area contributed by atoms with Crippen molar-refractivity contribution >= 4 is 0 Å². The number of benzene rings is 1. The van der Waals surface area contributed by atoms with Crippen LogP contribution >= 0.6 is 0 Å². The van der Waals surface area contributed by atoms with Crippen LogP contribution in [0.25, 0.3) is 11.3 Å². The van der Waals surface area contributed by atoms with Gasteiger partial charge in [0, 0.05) is 5.56 Å².